The number of rotatable bonds is 6. The van der Waals surface area contributed by atoms with Crippen LogP contribution in [0.15, 0.2) is 73.1 Å². The normalized spacial score (nSPS) is 10.5. The predicted octanol–water partition coefficient (Wildman–Crippen LogP) is 2.74. The van der Waals surface area contributed by atoms with Crippen molar-refractivity contribution < 1.29 is 14.7 Å². The number of carbonyl (C=O) groups excluding carboxylic acids is 1. The number of benzene rings is 2. The summed E-state index contributed by atoms with van der Waals surface area (Å²) in [6.45, 7) is 0.384. The van der Waals surface area contributed by atoms with Crippen LogP contribution in [0.2, 0.25) is 0 Å². The summed E-state index contributed by atoms with van der Waals surface area (Å²) in [5, 5.41) is 11.7. The third kappa shape index (κ3) is 4.10. The topological polar surface area (TPSA) is 92.2 Å². The highest BCUT2D eigenvalue weighted by atomic mass is 16.4. The number of aromatic carboxylic acids is 1. The van der Waals surface area contributed by atoms with Crippen molar-refractivity contribution in [3.05, 3.63) is 95.6 Å². The Morgan fingerprint density at radius 1 is 0.846 bits per heavy atom. The van der Waals surface area contributed by atoms with Gasteiger partial charge < -0.3 is 10.4 Å². The summed E-state index contributed by atoms with van der Waals surface area (Å²) in [5.41, 5.74) is 2.06. The Kier molecular flexibility index (Phi) is 5.34. The van der Waals surface area contributed by atoms with Gasteiger partial charge in [-0.25, -0.2) is 14.8 Å². The molecule has 6 nitrogen and oxygen atoms in total. The second-order valence-corrected chi connectivity index (χ2v) is 5.68. The molecule has 2 N–H and O–H groups in total. The molecule has 0 aliphatic heterocycles. The van der Waals surface area contributed by atoms with Crippen molar-refractivity contribution >= 4 is 11.9 Å². The van der Waals surface area contributed by atoms with Gasteiger partial charge in [0.1, 0.15) is 5.69 Å². The lowest BCUT2D eigenvalue weighted by molar-refractivity contribution is 0.0689. The standard InChI is InChI=1S/C20H17N3O3/c24-19(17-12-22-18(13-21-17)20(25)26)23-11-16(14-7-3-1-4-8-14)15-9-5-2-6-10-15/h1-10,12-13,16H,11H2,(H,23,24)(H,25,26). The molecule has 0 aliphatic rings. The summed E-state index contributed by atoms with van der Waals surface area (Å²) in [6, 6.07) is 19.8. The van der Waals surface area contributed by atoms with Gasteiger partial charge in [0.15, 0.2) is 5.69 Å². The Balaban J connectivity index is 1.75. The molecule has 0 spiro atoms. The molecule has 0 radical (unpaired) electrons. The molecular weight excluding hydrogens is 330 g/mol. The van der Waals surface area contributed by atoms with E-state index < -0.39 is 11.9 Å². The molecule has 2 aromatic carbocycles. The first-order valence-corrected chi connectivity index (χ1v) is 8.08. The van der Waals surface area contributed by atoms with Crippen LogP contribution in [0.4, 0.5) is 0 Å². The third-order valence-corrected chi connectivity index (χ3v) is 3.97. The number of nitrogens with one attached hydrogen (secondary N) is 1. The first-order chi connectivity index (χ1) is 12.6. The van der Waals surface area contributed by atoms with E-state index in [4.69, 9.17) is 5.11 Å². The van der Waals surface area contributed by atoms with Gasteiger partial charge in [-0.3, -0.25) is 4.79 Å². The molecule has 1 aromatic heterocycles. The van der Waals surface area contributed by atoms with Crippen LogP contribution in [0.5, 0.6) is 0 Å². The molecule has 0 saturated carbocycles. The fourth-order valence-corrected chi connectivity index (χ4v) is 2.64. The molecular formula is C20H17N3O3. The lowest BCUT2D eigenvalue weighted by Crippen LogP contribution is -2.29. The maximum Gasteiger partial charge on any atom is 0.356 e. The number of hydrogen-bond donors (Lipinski definition) is 2. The van der Waals surface area contributed by atoms with Crippen LogP contribution in [0.3, 0.4) is 0 Å². The van der Waals surface area contributed by atoms with Crippen LogP contribution < -0.4 is 5.32 Å². The Morgan fingerprint density at radius 3 is 1.81 bits per heavy atom. The molecule has 6 heteroatoms. The van der Waals surface area contributed by atoms with Crippen LogP contribution in [0.1, 0.15) is 38.0 Å². The van der Waals surface area contributed by atoms with E-state index in [1.165, 1.54) is 6.20 Å². The van der Waals surface area contributed by atoms with Crippen LogP contribution >= 0.6 is 0 Å². The van der Waals surface area contributed by atoms with Crippen molar-refractivity contribution in [1.82, 2.24) is 15.3 Å². The van der Waals surface area contributed by atoms with Gasteiger partial charge in [0, 0.05) is 12.5 Å². The summed E-state index contributed by atoms with van der Waals surface area (Å²) in [6.07, 6.45) is 2.24. The number of carboxylic acid groups (broad SMARTS) is 1. The highest BCUT2D eigenvalue weighted by molar-refractivity contribution is 5.92. The molecule has 26 heavy (non-hydrogen) atoms. The van der Waals surface area contributed by atoms with Crippen LogP contribution in [0, 0.1) is 0 Å². The molecule has 0 aliphatic carbocycles. The molecule has 0 unspecified atom stereocenters. The quantitative estimate of drug-likeness (QED) is 0.715. The van der Waals surface area contributed by atoms with Gasteiger partial charge in [0.25, 0.3) is 5.91 Å². The zero-order valence-corrected chi connectivity index (χ0v) is 13.9. The van der Waals surface area contributed by atoms with E-state index >= 15 is 0 Å². The Morgan fingerprint density at radius 2 is 1.35 bits per heavy atom. The zero-order valence-electron chi connectivity index (χ0n) is 13.9. The second-order valence-electron chi connectivity index (χ2n) is 5.68. The summed E-state index contributed by atoms with van der Waals surface area (Å²) >= 11 is 0. The molecule has 3 aromatic rings. The van der Waals surface area contributed by atoms with Gasteiger partial charge in [0.2, 0.25) is 0 Å². The minimum absolute atomic E-state index is 0.00685. The predicted molar refractivity (Wildman–Crippen MR) is 96.1 cm³/mol. The highest BCUT2D eigenvalue weighted by Gasteiger charge is 2.17. The van der Waals surface area contributed by atoms with E-state index in [0.29, 0.717) is 6.54 Å². The smallest absolute Gasteiger partial charge is 0.356 e. The summed E-state index contributed by atoms with van der Waals surface area (Å²) in [7, 11) is 0. The van der Waals surface area contributed by atoms with Gasteiger partial charge in [-0.1, -0.05) is 60.7 Å². The van der Waals surface area contributed by atoms with E-state index in [1.54, 1.807) is 0 Å². The van der Waals surface area contributed by atoms with Gasteiger partial charge >= 0.3 is 5.97 Å². The number of carbonyl (C=O) groups is 2. The number of aromatic nitrogens is 2. The lowest BCUT2D eigenvalue weighted by atomic mass is 9.91. The molecule has 1 amide bonds. The van der Waals surface area contributed by atoms with Crippen molar-refractivity contribution in [3.63, 3.8) is 0 Å². The molecule has 130 valence electrons. The molecule has 1 heterocycles. The van der Waals surface area contributed by atoms with Crippen molar-refractivity contribution in [2.24, 2.45) is 0 Å². The van der Waals surface area contributed by atoms with Crippen molar-refractivity contribution in [2.75, 3.05) is 6.54 Å². The van der Waals surface area contributed by atoms with Gasteiger partial charge in [0.05, 0.1) is 12.4 Å². The fraction of sp³-hybridized carbons (Fsp3) is 0.100. The molecule has 0 saturated heterocycles. The Bertz CT molecular complexity index is 842. The maximum absolute atomic E-state index is 12.3. The van der Waals surface area contributed by atoms with E-state index in [-0.39, 0.29) is 17.3 Å². The molecule has 0 bridgehead atoms. The monoisotopic (exact) mass is 347 g/mol. The maximum atomic E-state index is 12.3. The second kappa shape index (κ2) is 8.02. The Hall–Kier alpha value is -3.54. The van der Waals surface area contributed by atoms with Gasteiger partial charge in [-0.2, -0.15) is 0 Å². The molecule has 3 rings (SSSR count). The van der Waals surface area contributed by atoms with E-state index in [0.717, 1.165) is 17.3 Å². The minimum atomic E-state index is -1.18. The van der Waals surface area contributed by atoms with Crippen LogP contribution in [-0.4, -0.2) is 33.5 Å². The summed E-state index contributed by atoms with van der Waals surface area (Å²) in [5.74, 6) is -1.59. The first-order valence-electron chi connectivity index (χ1n) is 8.08. The number of carboxylic acids is 1. The molecule has 0 fully saturated rings. The van der Waals surface area contributed by atoms with Crippen molar-refractivity contribution in [1.29, 1.82) is 0 Å². The van der Waals surface area contributed by atoms with E-state index in [1.807, 2.05) is 60.7 Å². The summed E-state index contributed by atoms with van der Waals surface area (Å²) in [4.78, 5) is 30.7. The SMILES string of the molecule is O=C(O)c1cnc(C(=O)NCC(c2ccccc2)c2ccccc2)cn1. The zero-order chi connectivity index (χ0) is 18.4. The average molecular weight is 347 g/mol. The fourth-order valence-electron chi connectivity index (χ4n) is 2.64. The number of hydrogen-bond acceptors (Lipinski definition) is 4. The van der Waals surface area contributed by atoms with E-state index in [9.17, 15) is 9.59 Å². The van der Waals surface area contributed by atoms with Crippen LogP contribution in [-0.2, 0) is 0 Å². The van der Waals surface area contributed by atoms with Crippen molar-refractivity contribution in [3.8, 4) is 0 Å². The minimum Gasteiger partial charge on any atom is -0.476 e. The van der Waals surface area contributed by atoms with Crippen molar-refractivity contribution in [2.45, 2.75) is 5.92 Å². The lowest BCUT2D eigenvalue weighted by Gasteiger charge is -2.18. The average Bonchev–Trinajstić information content (AvgIpc) is 2.69. The Labute approximate surface area is 150 Å². The highest BCUT2D eigenvalue weighted by Crippen LogP contribution is 2.23. The number of nitrogens with zero attached hydrogens (tertiary/aromatic N) is 2. The largest absolute Gasteiger partial charge is 0.476 e. The summed E-state index contributed by atoms with van der Waals surface area (Å²) < 4.78 is 0. The van der Waals surface area contributed by atoms with Gasteiger partial charge in [-0.15, -0.1) is 0 Å². The van der Waals surface area contributed by atoms with Gasteiger partial charge in [-0.05, 0) is 11.1 Å². The molecule has 0 atom stereocenters. The number of amides is 1. The van der Waals surface area contributed by atoms with E-state index in [2.05, 4.69) is 15.3 Å². The third-order valence-electron chi connectivity index (χ3n) is 3.97. The first kappa shape index (κ1) is 17.3. The van der Waals surface area contributed by atoms with Crippen LogP contribution in [0.25, 0.3) is 0 Å².